The van der Waals surface area contributed by atoms with Gasteiger partial charge in [-0.2, -0.15) is 0 Å². The van der Waals surface area contributed by atoms with Crippen molar-refractivity contribution in [1.29, 1.82) is 0 Å². The van der Waals surface area contributed by atoms with E-state index in [9.17, 15) is 4.79 Å². The van der Waals surface area contributed by atoms with Crippen LogP contribution in [0.25, 0.3) is 0 Å². The van der Waals surface area contributed by atoms with Crippen LogP contribution in [0.5, 0.6) is 5.75 Å². The summed E-state index contributed by atoms with van der Waals surface area (Å²) in [6.45, 7) is 5.02. The Morgan fingerprint density at radius 2 is 2.25 bits per heavy atom. The van der Waals surface area contributed by atoms with E-state index in [-0.39, 0.29) is 0 Å². The molecule has 4 heteroatoms. The van der Waals surface area contributed by atoms with E-state index in [4.69, 9.17) is 9.47 Å². The molecule has 0 atom stereocenters. The first-order valence-electron chi connectivity index (χ1n) is 5.32. The van der Waals surface area contributed by atoms with E-state index in [0.29, 0.717) is 19.8 Å². The molecule has 1 aromatic rings. The van der Waals surface area contributed by atoms with Gasteiger partial charge < -0.3 is 14.8 Å². The fourth-order valence-corrected chi connectivity index (χ4v) is 1.21. The van der Waals surface area contributed by atoms with Crippen molar-refractivity contribution in [2.24, 2.45) is 0 Å². The summed E-state index contributed by atoms with van der Waals surface area (Å²) in [4.78, 5) is 10.9. The minimum absolute atomic E-state index is 0.380. The number of hydrogen-bond donors (Lipinski definition) is 1. The van der Waals surface area contributed by atoms with Crippen LogP contribution in [0.4, 0.5) is 4.79 Å². The van der Waals surface area contributed by atoms with Gasteiger partial charge in [-0.1, -0.05) is 12.1 Å². The highest BCUT2D eigenvalue weighted by Gasteiger charge is 1.99. The fourth-order valence-electron chi connectivity index (χ4n) is 1.21. The van der Waals surface area contributed by atoms with Gasteiger partial charge in [0.2, 0.25) is 0 Å². The van der Waals surface area contributed by atoms with Crippen LogP contribution in [0.2, 0.25) is 0 Å². The fraction of sp³-hybridized carbons (Fsp3) is 0.417. The van der Waals surface area contributed by atoms with Crippen LogP contribution < -0.4 is 10.1 Å². The quantitative estimate of drug-likeness (QED) is 0.778. The van der Waals surface area contributed by atoms with Crippen LogP contribution in [0.15, 0.2) is 24.3 Å². The van der Waals surface area contributed by atoms with Gasteiger partial charge in [0.05, 0.1) is 13.2 Å². The highest BCUT2D eigenvalue weighted by molar-refractivity contribution is 5.66. The van der Waals surface area contributed by atoms with Gasteiger partial charge in [0.15, 0.2) is 0 Å². The van der Waals surface area contributed by atoms with Gasteiger partial charge in [-0.3, -0.25) is 0 Å². The van der Waals surface area contributed by atoms with Crippen LogP contribution in [-0.4, -0.2) is 25.9 Å². The Morgan fingerprint density at radius 3 is 2.94 bits per heavy atom. The lowest BCUT2D eigenvalue weighted by molar-refractivity contribution is 0.150. The number of hydrogen-bond acceptors (Lipinski definition) is 3. The third-order valence-corrected chi connectivity index (χ3v) is 1.91. The summed E-state index contributed by atoms with van der Waals surface area (Å²) in [5.41, 5.74) is 1.15. The predicted octanol–water partition coefficient (Wildman–Crippen LogP) is 2.12. The second-order valence-electron chi connectivity index (χ2n) is 3.31. The van der Waals surface area contributed by atoms with E-state index >= 15 is 0 Å². The molecule has 16 heavy (non-hydrogen) atoms. The average Bonchev–Trinajstić information content (AvgIpc) is 2.25. The molecular weight excluding hydrogens is 206 g/mol. The third-order valence-electron chi connectivity index (χ3n) is 1.91. The molecule has 0 aliphatic carbocycles. The van der Waals surface area contributed by atoms with Crippen LogP contribution >= 0.6 is 0 Å². The summed E-state index contributed by atoms with van der Waals surface area (Å²) in [6, 6.07) is 7.77. The summed E-state index contributed by atoms with van der Waals surface area (Å²) in [5, 5.41) is 2.58. The standard InChI is InChI=1S/C12H17NO3/c1-3-15-12(14)13-7-8-16-11-6-4-5-10(2)9-11/h4-6,9H,3,7-8H2,1-2H3,(H,13,14). The lowest BCUT2D eigenvalue weighted by Gasteiger charge is -2.07. The molecule has 1 amide bonds. The van der Waals surface area contributed by atoms with Gasteiger partial charge in [0.1, 0.15) is 12.4 Å². The highest BCUT2D eigenvalue weighted by atomic mass is 16.5. The lowest BCUT2D eigenvalue weighted by Crippen LogP contribution is -2.28. The van der Waals surface area contributed by atoms with Gasteiger partial charge in [-0.15, -0.1) is 0 Å². The first-order chi connectivity index (χ1) is 7.72. The Labute approximate surface area is 95.6 Å². The van der Waals surface area contributed by atoms with E-state index in [1.54, 1.807) is 6.92 Å². The van der Waals surface area contributed by atoms with Crippen LogP contribution in [0, 0.1) is 6.92 Å². The molecule has 1 aromatic carbocycles. The molecule has 0 aliphatic heterocycles. The molecule has 0 aromatic heterocycles. The summed E-state index contributed by atoms with van der Waals surface area (Å²) < 4.78 is 10.2. The minimum Gasteiger partial charge on any atom is -0.492 e. The van der Waals surface area contributed by atoms with Gasteiger partial charge in [0, 0.05) is 0 Å². The van der Waals surface area contributed by atoms with E-state index in [2.05, 4.69) is 5.32 Å². The van der Waals surface area contributed by atoms with E-state index in [0.717, 1.165) is 11.3 Å². The number of carbonyl (C=O) groups is 1. The maximum atomic E-state index is 10.9. The second kappa shape index (κ2) is 6.71. The molecule has 0 fully saturated rings. The van der Waals surface area contributed by atoms with E-state index in [1.807, 2.05) is 31.2 Å². The van der Waals surface area contributed by atoms with Crippen LogP contribution in [0.3, 0.4) is 0 Å². The molecule has 0 saturated heterocycles. The normalized spacial score (nSPS) is 9.62. The minimum atomic E-state index is -0.407. The molecule has 1 rings (SSSR count). The molecule has 0 heterocycles. The molecular formula is C12H17NO3. The van der Waals surface area contributed by atoms with Crippen LogP contribution in [-0.2, 0) is 4.74 Å². The number of benzene rings is 1. The maximum Gasteiger partial charge on any atom is 0.407 e. The maximum absolute atomic E-state index is 10.9. The number of nitrogens with one attached hydrogen (secondary N) is 1. The molecule has 0 bridgehead atoms. The Hall–Kier alpha value is -1.71. The molecule has 0 saturated carbocycles. The topological polar surface area (TPSA) is 47.6 Å². The monoisotopic (exact) mass is 223 g/mol. The number of carbonyl (C=O) groups excluding carboxylic acids is 1. The number of amides is 1. The second-order valence-corrected chi connectivity index (χ2v) is 3.31. The number of rotatable bonds is 5. The first-order valence-corrected chi connectivity index (χ1v) is 5.32. The van der Waals surface area contributed by atoms with Gasteiger partial charge in [0.25, 0.3) is 0 Å². The smallest absolute Gasteiger partial charge is 0.407 e. The zero-order chi connectivity index (χ0) is 11.8. The van der Waals surface area contributed by atoms with Crippen molar-refractivity contribution < 1.29 is 14.3 Å². The van der Waals surface area contributed by atoms with E-state index in [1.165, 1.54) is 0 Å². The van der Waals surface area contributed by atoms with Crippen molar-refractivity contribution in [2.45, 2.75) is 13.8 Å². The number of ether oxygens (including phenoxy) is 2. The Morgan fingerprint density at radius 1 is 1.44 bits per heavy atom. The largest absolute Gasteiger partial charge is 0.492 e. The lowest BCUT2D eigenvalue weighted by atomic mass is 10.2. The van der Waals surface area contributed by atoms with Gasteiger partial charge in [-0.05, 0) is 31.5 Å². The summed E-state index contributed by atoms with van der Waals surface area (Å²) >= 11 is 0. The zero-order valence-corrected chi connectivity index (χ0v) is 9.66. The predicted molar refractivity (Wildman–Crippen MR) is 61.7 cm³/mol. The molecule has 0 unspecified atom stereocenters. The van der Waals surface area contributed by atoms with Gasteiger partial charge in [-0.25, -0.2) is 4.79 Å². The summed E-state index contributed by atoms with van der Waals surface area (Å²) in [7, 11) is 0. The SMILES string of the molecule is CCOC(=O)NCCOc1cccc(C)c1. The number of alkyl carbamates (subject to hydrolysis) is 1. The number of aryl methyl sites for hydroxylation is 1. The van der Waals surface area contributed by atoms with Gasteiger partial charge >= 0.3 is 6.09 Å². The van der Waals surface area contributed by atoms with Crippen molar-refractivity contribution in [3.05, 3.63) is 29.8 Å². The third kappa shape index (κ3) is 4.68. The zero-order valence-electron chi connectivity index (χ0n) is 9.66. The first kappa shape index (κ1) is 12.4. The molecule has 0 radical (unpaired) electrons. The molecule has 0 spiro atoms. The average molecular weight is 223 g/mol. The summed E-state index contributed by atoms with van der Waals surface area (Å²) in [6.07, 6.45) is -0.407. The Balaban J connectivity index is 2.18. The highest BCUT2D eigenvalue weighted by Crippen LogP contribution is 2.11. The molecule has 4 nitrogen and oxygen atoms in total. The van der Waals surface area contributed by atoms with Crippen LogP contribution in [0.1, 0.15) is 12.5 Å². The Kier molecular flexibility index (Phi) is 5.19. The van der Waals surface area contributed by atoms with Crippen molar-refractivity contribution in [1.82, 2.24) is 5.32 Å². The van der Waals surface area contributed by atoms with Crippen molar-refractivity contribution in [3.8, 4) is 5.75 Å². The summed E-state index contributed by atoms with van der Waals surface area (Å²) in [5.74, 6) is 0.811. The van der Waals surface area contributed by atoms with Crippen molar-refractivity contribution in [3.63, 3.8) is 0 Å². The molecule has 88 valence electrons. The van der Waals surface area contributed by atoms with E-state index < -0.39 is 6.09 Å². The molecule has 1 N–H and O–H groups in total. The molecule has 0 aliphatic rings. The van der Waals surface area contributed by atoms with Crippen molar-refractivity contribution in [2.75, 3.05) is 19.8 Å². The Bertz CT molecular complexity index is 339. The van der Waals surface area contributed by atoms with Crippen molar-refractivity contribution >= 4 is 6.09 Å².